The van der Waals surface area contributed by atoms with Crippen molar-refractivity contribution in [2.75, 3.05) is 51.4 Å². The Morgan fingerprint density at radius 3 is 3.00 bits per heavy atom. The van der Waals surface area contributed by atoms with E-state index in [4.69, 9.17) is 9.47 Å². The van der Waals surface area contributed by atoms with Crippen molar-refractivity contribution < 1.29 is 9.47 Å². The number of rotatable bonds is 5. The van der Waals surface area contributed by atoms with E-state index >= 15 is 0 Å². The SMILES string of the molecule is COCCCN1CCOc2cc3c(c(C4CC4)c21)CCNCC3. The molecule has 1 N–H and O–H groups in total. The van der Waals surface area contributed by atoms with Gasteiger partial charge in [0, 0.05) is 20.3 Å². The highest BCUT2D eigenvalue weighted by Crippen LogP contribution is 2.51. The number of hydrogen-bond acceptors (Lipinski definition) is 4. The quantitative estimate of drug-likeness (QED) is 0.846. The van der Waals surface area contributed by atoms with E-state index in [9.17, 15) is 0 Å². The number of anilines is 1. The second-order valence-electron chi connectivity index (χ2n) is 6.98. The molecule has 126 valence electrons. The topological polar surface area (TPSA) is 33.7 Å². The Morgan fingerprint density at radius 2 is 2.17 bits per heavy atom. The number of hydrogen-bond donors (Lipinski definition) is 1. The third kappa shape index (κ3) is 3.07. The highest BCUT2D eigenvalue weighted by molar-refractivity contribution is 5.71. The van der Waals surface area contributed by atoms with Crippen molar-refractivity contribution >= 4 is 5.69 Å². The minimum atomic E-state index is 0.767. The first-order chi connectivity index (χ1) is 11.4. The first-order valence-electron chi connectivity index (χ1n) is 9.14. The van der Waals surface area contributed by atoms with Crippen LogP contribution in [-0.2, 0) is 17.6 Å². The molecule has 1 saturated carbocycles. The van der Waals surface area contributed by atoms with Crippen LogP contribution >= 0.6 is 0 Å². The Hall–Kier alpha value is -1.26. The van der Waals surface area contributed by atoms with E-state index in [1.54, 1.807) is 18.2 Å². The third-order valence-corrected chi connectivity index (χ3v) is 5.33. The lowest BCUT2D eigenvalue weighted by Crippen LogP contribution is -2.35. The predicted molar refractivity (Wildman–Crippen MR) is 92.9 cm³/mol. The average Bonchev–Trinajstić information content (AvgIpc) is 3.40. The fourth-order valence-electron chi connectivity index (χ4n) is 4.09. The third-order valence-electron chi connectivity index (χ3n) is 5.33. The van der Waals surface area contributed by atoms with E-state index in [1.165, 1.54) is 30.5 Å². The first kappa shape index (κ1) is 15.3. The zero-order chi connectivity index (χ0) is 15.6. The summed E-state index contributed by atoms with van der Waals surface area (Å²) in [6.07, 6.45) is 6.08. The van der Waals surface area contributed by atoms with Gasteiger partial charge in [-0.15, -0.1) is 0 Å². The molecule has 23 heavy (non-hydrogen) atoms. The van der Waals surface area contributed by atoms with Crippen molar-refractivity contribution in [3.8, 4) is 5.75 Å². The Labute approximate surface area is 139 Å². The molecule has 4 nitrogen and oxygen atoms in total. The summed E-state index contributed by atoms with van der Waals surface area (Å²) >= 11 is 0. The van der Waals surface area contributed by atoms with Crippen molar-refractivity contribution in [1.82, 2.24) is 5.32 Å². The number of ether oxygens (including phenoxy) is 2. The zero-order valence-corrected chi connectivity index (χ0v) is 14.2. The maximum absolute atomic E-state index is 6.09. The molecule has 0 spiro atoms. The molecule has 3 aliphatic rings. The van der Waals surface area contributed by atoms with E-state index in [0.717, 1.165) is 63.9 Å². The lowest BCUT2D eigenvalue weighted by molar-refractivity contribution is 0.195. The molecule has 1 aliphatic carbocycles. The fourth-order valence-corrected chi connectivity index (χ4v) is 4.09. The summed E-state index contributed by atoms with van der Waals surface area (Å²) < 4.78 is 11.3. The van der Waals surface area contributed by atoms with Gasteiger partial charge in [0.25, 0.3) is 0 Å². The molecule has 0 radical (unpaired) electrons. The van der Waals surface area contributed by atoms with Gasteiger partial charge in [-0.2, -0.15) is 0 Å². The molecule has 0 bridgehead atoms. The van der Waals surface area contributed by atoms with E-state index in [0.29, 0.717) is 0 Å². The predicted octanol–water partition coefficient (Wildman–Crippen LogP) is 2.49. The molecule has 0 unspecified atom stereocenters. The van der Waals surface area contributed by atoms with Crippen LogP contribution in [-0.4, -0.2) is 46.5 Å². The van der Waals surface area contributed by atoms with Crippen LogP contribution in [0.25, 0.3) is 0 Å². The molecular formula is C19H28N2O2. The molecule has 1 aromatic carbocycles. The minimum Gasteiger partial charge on any atom is -0.490 e. The molecule has 0 saturated heterocycles. The zero-order valence-electron chi connectivity index (χ0n) is 14.2. The van der Waals surface area contributed by atoms with Crippen LogP contribution in [0.15, 0.2) is 6.07 Å². The van der Waals surface area contributed by atoms with Crippen LogP contribution in [0, 0.1) is 0 Å². The Kier molecular flexibility index (Phi) is 4.45. The standard InChI is InChI=1S/C19H28N2O2/c1-22-11-2-9-21-10-12-23-17-13-15-5-7-20-8-6-16(15)18(19(17)21)14-3-4-14/h13-14,20H,2-12H2,1H3. The van der Waals surface area contributed by atoms with Gasteiger partial charge in [-0.05, 0) is 73.9 Å². The van der Waals surface area contributed by atoms with Crippen molar-refractivity contribution in [2.24, 2.45) is 0 Å². The fraction of sp³-hybridized carbons (Fsp3) is 0.684. The van der Waals surface area contributed by atoms with E-state index in [-0.39, 0.29) is 0 Å². The largest absolute Gasteiger partial charge is 0.490 e. The second-order valence-corrected chi connectivity index (χ2v) is 6.98. The van der Waals surface area contributed by atoms with Gasteiger partial charge in [0.1, 0.15) is 12.4 Å². The molecule has 0 amide bonds. The van der Waals surface area contributed by atoms with Gasteiger partial charge in [-0.25, -0.2) is 0 Å². The number of nitrogens with zero attached hydrogens (tertiary/aromatic N) is 1. The molecule has 2 aliphatic heterocycles. The first-order valence-corrected chi connectivity index (χ1v) is 9.14. The van der Waals surface area contributed by atoms with Crippen LogP contribution < -0.4 is 15.0 Å². The van der Waals surface area contributed by atoms with Gasteiger partial charge in [-0.3, -0.25) is 0 Å². The van der Waals surface area contributed by atoms with Crippen LogP contribution in [0.2, 0.25) is 0 Å². The summed E-state index contributed by atoms with van der Waals surface area (Å²) in [4.78, 5) is 2.56. The van der Waals surface area contributed by atoms with Gasteiger partial charge in [0.2, 0.25) is 0 Å². The summed E-state index contributed by atoms with van der Waals surface area (Å²) in [6, 6.07) is 2.34. The molecule has 4 heteroatoms. The normalized spacial score (nSPS) is 20.5. The van der Waals surface area contributed by atoms with Gasteiger partial charge in [0.15, 0.2) is 0 Å². The average molecular weight is 316 g/mol. The molecule has 4 rings (SSSR count). The summed E-state index contributed by atoms with van der Waals surface area (Å²) in [6.45, 7) is 5.92. The van der Waals surface area contributed by atoms with Crippen LogP contribution in [0.3, 0.4) is 0 Å². The van der Waals surface area contributed by atoms with Crippen molar-refractivity contribution in [3.05, 3.63) is 22.8 Å². The Bertz CT molecular complexity index is 569. The van der Waals surface area contributed by atoms with Gasteiger partial charge in [-0.1, -0.05) is 0 Å². The highest BCUT2D eigenvalue weighted by Gasteiger charge is 2.35. The smallest absolute Gasteiger partial charge is 0.143 e. The van der Waals surface area contributed by atoms with Gasteiger partial charge < -0.3 is 19.7 Å². The van der Waals surface area contributed by atoms with Gasteiger partial charge in [0.05, 0.1) is 12.2 Å². The monoisotopic (exact) mass is 316 g/mol. The number of methoxy groups -OCH3 is 1. The minimum absolute atomic E-state index is 0.767. The van der Waals surface area contributed by atoms with Crippen molar-refractivity contribution in [2.45, 2.75) is 38.0 Å². The van der Waals surface area contributed by atoms with Crippen molar-refractivity contribution in [1.29, 1.82) is 0 Å². The lowest BCUT2D eigenvalue weighted by atomic mass is 9.91. The molecule has 1 aromatic rings. The molecular weight excluding hydrogens is 288 g/mol. The van der Waals surface area contributed by atoms with E-state index in [1.807, 2.05) is 0 Å². The highest BCUT2D eigenvalue weighted by atomic mass is 16.5. The second kappa shape index (κ2) is 6.70. The van der Waals surface area contributed by atoms with Crippen molar-refractivity contribution in [3.63, 3.8) is 0 Å². The number of nitrogens with one attached hydrogen (secondary N) is 1. The van der Waals surface area contributed by atoms with E-state index in [2.05, 4.69) is 16.3 Å². The van der Waals surface area contributed by atoms with Crippen LogP contribution in [0.5, 0.6) is 5.75 Å². The van der Waals surface area contributed by atoms with Gasteiger partial charge >= 0.3 is 0 Å². The molecule has 1 fully saturated rings. The summed E-state index contributed by atoms with van der Waals surface area (Å²) in [5.41, 5.74) is 6.18. The number of fused-ring (bicyclic) bond motifs is 2. The summed E-state index contributed by atoms with van der Waals surface area (Å²) in [5.74, 6) is 1.90. The lowest BCUT2D eigenvalue weighted by Gasteiger charge is -2.35. The Morgan fingerprint density at radius 1 is 1.30 bits per heavy atom. The maximum atomic E-state index is 6.09. The van der Waals surface area contributed by atoms with Crippen LogP contribution in [0.4, 0.5) is 5.69 Å². The Balaban J connectivity index is 1.74. The number of benzene rings is 1. The molecule has 0 atom stereocenters. The maximum Gasteiger partial charge on any atom is 0.143 e. The van der Waals surface area contributed by atoms with Crippen LogP contribution in [0.1, 0.15) is 41.9 Å². The summed E-state index contributed by atoms with van der Waals surface area (Å²) in [7, 11) is 1.79. The molecule has 0 aromatic heterocycles. The van der Waals surface area contributed by atoms with E-state index < -0.39 is 0 Å². The summed E-state index contributed by atoms with van der Waals surface area (Å²) in [5, 5.41) is 3.55. The molecule has 2 heterocycles.